The Hall–Kier alpha value is -1.71. The topological polar surface area (TPSA) is 41.6 Å². The number of nitrogens with one attached hydrogen (secondary N) is 1. The molecule has 0 spiro atoms. The van der Waals surface area contributed by atoms with Crippen molar-refractivity contribution in [3.05, 3.63) is 29.8 Å². The van der Waals surface area contributed by atoms with Gasteiger partial charge >= 0.3 is 6.09 Å². The van der Waals surface area contributed by atoms with Crippen LogP contribution < -0.4 is 10.2 Å². The average Bonchev–Trinajstić information content (AvgIpc) is 2.32. The molecule has 4 heteroatoms. The van der Waals surface area contributed by atoms with Gasteiger partial charge in [0.15, 0.2) is 0 Å². The summed E-state index contributed by atoms with van der Waals surface area (Å²) >= 11 is 0. The molecule has 112 valence electrons. The molecule has 0 bridgehead atoms. The first-order valence-electron chi connectivity index (χ1n) is 7.10. The van der Waals surface area contributed by atoms with Crippen molar-refractivity contribution in [2.24, 2.45) is 0 Å². The summed E-state index contributed by atoms with van der Waals surface area (Å²) in [5.41, 5.74) is 1.96. The number of aryl methyl sites for hydroxylation is 1. The SMILES string of the molecule is CCN(CCNC(=O)OC(C)(C)C)c1cccc(C)c1. The highest BCUT2D eigenvalue weighted by molar-refractivity contribution is 5.67. The second kappa shape index (κ2) is 7.17. The van der Waals surface area contributed by atoms with Crippen LogP contribution in [0.15, 0.2) is 24.3 Å². The lowest BCUT2D eigenvalue weighted by Gasteiger charge is -2.24. The molecule has 0 aliphatic rings. The molecule has 0 radical (unpaired) electrons. The van der Waals surface area contributed by atoms with Crippen molar-refractivity contribution in [3.63, 3.8) is 0 Å². The molecule has 4 nitrogen and oxygen atoms in total. The Labute approximate surface area is 122 Å². The Morgan fingerprint density at radius 3 is 2.60 bits per heavy atom. The maximum Gasteiger partial charge on any atom is 0.407 e. The van der Waals surface area contributed by atoms with Gasteiger partial charge in [0.1, 0.15) is 5.60 Å². The second-order valence-electron chi connectivity index (χ2n) is 5.85. The quantitative estimate of drug-likeness (QED) is 0.898. The van der Waals surface area contributed by atoms with E-state index in [0.29, 0.717) is 6.54 Å². The minimum Gasteiger partial charge on any atom is -0.444 e. The number of hydrogen-bond donors (Lipinski definition) is 1. The fourth-order valence-electron chi connectivity index (χ4n) is 1.90. The Kier molecular flexibility index (Phi) is 5.86. The molecular formula is C16H26N2O2. The number of carbonyl (C=O) groups is 1. The molecule has 0 heterocycles. The number of carbonyl (C=O) groups excluding carboxylic acids is 1. The van der Waals surface area contributed by atoms with Crippen molar-refractivity contribution in [2.75, 3.05) is 24.5 Å². The summed E-state index contributed by atoms with van der Waals surface area (Å²) in [6.45, 7) is 12.0. The van der Waals surface area contributed by atoms with Crippen molar-refractivity contribution < 1.29 is 9.53 Å². The van der Waals surface area contributed by atoms with Gasteiger partial charge in [-0.1, -0.05) is 12.1 Å². The van der Waals surface area contributed by atoms with Crippen LogP contribution in [-0.2, 0) is 4.74 Å². The lowest BCUT2D eigenvalue weighted by Crippen LogP contribution is -2.38. The number of amides is 1. The number of benzene rings is 1. The lowest BCUT2D eigenvalue weighted by molar-refractivity contribution is 0.0529. The van der Waals surface area contributed by atoms with Crippen molar-refractivity contribution in [1.29, 1.82) is 0 Å². The molecule has 0 saturated carbocycles. The Balaban J connectivity index is 2.45. The van der Waals surface area contributed by atoms with Crippen molar-refractivity contribution in [1.82, 2.24) is 5.32 Å². The van der Waals surface area contributed by atoms with Crippen molar-refractivity contribution in [3.8, 4) is 0 Å². The van der Waals surface area contributed by atoms with Gasteiger partial charge in [0, 0.05) is 25.3 Å². The standard InChI is InChI=1S/C16H26N2O2/c1-6-18(14-9-7-8-13(2)12-14)11-10-17-15(19)20-16(3,4)5/h7-9,12H,6,10-11H2,1-5H3,(H,17,19). The van der Waals surface area contributed by atoms with Crippen LogP contribution in [0.25, 0.3) is 0 Å². The number of nitrogens with zero attached hydrogens (tertiary/aromatic N) is 1. The summed E-state index contributed by atoms with van der Waals surface area (Å²) in [4.78, 5) is 13.8. The van der Waals surface area contributed by atoms with E-state index < -0.39 is 5.60 Å². The third-order valence-electron chi connectivity index (χ3n) is 2.80. The van der Waals surface area contributed by atoms with E-state index in [4.69, 9.17) is 4.74 Å². The van der Waals surface area contributed by atoms with Gasteiger partial charge in [-0.3, -0.25) is 0 Å². The average molecular weight is 278 g/mol. The Bertz CT molecular complexity index is 438. The highest BCUT2D eigenvalue weighted by Gasteiger charge is 2.15. The summed E-state index contributed by atoms with van der Waals surface area (Å²) < 4.78 is 5.21. The molecule has 0 atom stereocenters. The number of alkyl carbamates (subject to hydrolysis) is 1. The van der Waals surface area contributed by atoms with Crippen molar-refractivity contribution >= 4 is 11.8 Å². The minimum absolute atomic E-state index is 0.363. The molecular weight excluding hydrogens is 252 g/mol. The van der Waals surface area contributed by atoms with Crippen LogP contribution in [0, 0.1) is 6.92 Å². The zero-order chi connectivity index (χ0) is 15.2. The van der Waals surface area contributed by atoms with E-state index >= 15 is 0 Å². The summed E-state index contributed by atoms with van der Waals surface area (Å²) in [7, 11) is 0. The highest BCUT2D eigenvalue weighted by atomic mass is 16.6. The van der Waals surface area contributed by atoms with Gasteiger partial charge in [0.05, 0.1) is 0 Å². The van der Waals surface area contributed by atoms with Gasteiger partial charge in [-0.2, -0.15) is 0 Å². The second-order valence-corrected chi connectivity index (χ2v) is 5.85. The van der Waals surface area contributed by atoms with Crippen LogP contribution in [0.4, 0.5) is 10.5 Å². The van der Waals surface area contributed by atoms with Crippen LogP contribution in [0.5, 0.6) is 0 Å². The molecule has 0 saturated heterocycles. The molecule has 1 rings (SSSR count). The van der Waals surface area contributed by atoms with E-state index in [9.17, 15) is 4.79 Å². The van der Waals surface area contributed by atoms with Crippen LogP contribution in [0.1, 0.15) is 33.3 Å². The molecule has 0 fully saturated rings. The zero-order valence-electron chi connectivity index (χ0n) is 13.2. The molecule has 1 aromatic carbocycles. The maximum absolute atomic E-state index is 11.6. The first kappa shape index (κ1) is 16.3. The zero-order valence-corrected chi connectivity index (χ0v) is 13.2. The van der Waals surface area contributed by atoms with Gasteiger partial charge in [-0.05, 0) is 52.3 Å². The number of hydrogen-bond acceptors (Lipinski definition) is 3. The fourth-order valence-corrected chi connectivity index (χ4v) is 1.90. The van der Waals surface area contributed by atoms with Gasteiger partial charge in [-0.25, -0.2) is 4.79 Å². The van der Waals surface area contributed by atoms with Crippen LogP contribution in [0.2, 0.25) is 0 Å². The molecule has 20 heavy (non-hydrogen) atoms. The molecule has 0 unspecified atom stereocenters. The van der Waals surface area contributed by atoms with E-state index in [0.717, 1.165) is 13.1 Å². The molecule has 0 aliphatic carbocycles. The van der Waals surface area contributed by atoms with Crippen LogP contribution >= 0.6 is 0 Å². The molecule has 1 aromatic rings. The van der Waals surface area contributed by atoms with Crippen LogP contribution in [-0.4, -0.2) is 31.3 Å². The Morgan fingerprint density at radius 2 is 2.05 bits per heavy atom. The molecule has 0 aliphatic heterocycles. The summed E-state index contributed by atoms with van der Waals surface area (Å²) in [6, 6.07) is 8.37. The maximum atomic E-state index is 11.6. The summed E-state index contributed by atoms with van der Waals surface area (Å²) in [6.07, 6.45) is -0.363. The first-order chi connectivity index (χ1) is 9.31. The minimum atomic E-state index is -0.453. The predicted octanol–water partition coefficient (Wildman–Crippen LogP) is 3.35. The van der Waals surface area contributed by atoms with E-state index in [-0.39, 0.29) is 6.09 Å². The highest BCUT2D eigenvalue weighted by Crippen LogP contribution is 2.15. The van der Waals surface area contributed by atoms with E-state index in [2.05, 4.69) is 48.3 Å². The van der Waals surface area contributed by atoms with E-state index in [1.807, 2.05) is 20.8 Å². The predicted molar refractivity (Wildman–Crippen MR) is 83.3 cm³/mol. The normalized spacial score (nSPS) is 11.1. The van der Waals surface area contributed by atoms with Gasteiger partial charge in [0.25, 0.3) is 0 Å². The Morgan fingerprint density at radius 1 is 1.35 bits per heavy atom. The fraction of sp³-hybridized carbons (Fsp3) is 0.562. The number of likely N-dealkylation sites (N-methyl/N-ethyl adjacent to an activating group) is 1. The largest absolute Gasteiger partial charge is 0.444 e. The van der Waals surface area contributed by atoms with Gasteiger partial charge < -0.3 is 15.0 Å². The molecule has 0 aromatic heterocycles. The third-order valence-corrected chi connectivity index (χ3v) is 2.80. The summed E-state index contributed by atoms with van der Waals surface area (Å²) in [5, 5.41) is 2.79. The van der Waals surface area contributed by atoms with E-state index in [1.54, 1.807) is 0 Å². The van der Waals surface area contributed by atoms with Gasteiger partial charge in [0.2, 0.25) is 0 Å². The van der Waals surface area contributed by atoms with E-state index in [1.165, 1.54) is 11.3 Å². The van der Waals surface area contributed by atoms with Crippen molar-refractivity contribution in [2.45, 2.75) is 40.2 Å². The van der Waals surface area contributed by atoms with Gasteiger partial charge in [-0.15, -0.1) is 0 Å². The molecule has 1 N–H and O–H groups in total. The first-order valence-corrected chi connectivity index (χ1v) is 7.10. The number of rotatable bonds is 5. The van der Waals surface area contributed by atoms with Crippen LogP contribution in [0.3, 0.4) is 0 Å². The number of anilines is 1. The lowest BCUT2D eigenvalue weighted by atomic mass is 10.2. The summed E-state index contributed by atoms with van der Waals surface area (Å²) in [5.74, 6) is 0. The third kappa shape index (κ3) is 5.95. The molecule has 1 amide bonds. The number of ether oxygens (including phenoxy) is 1. The monoisotopic (exact) mass is 278 g/mol. The smallest absolute Gasteiger partial charge is 0.407 e.